The van der Waals surface area contributed by atoms with Crippen LogP contribution in [-0.4, -0.2) is 22.6 Å². The second-order valence-electron chi connectivity index (χ2n) is 4.91. The van der Waals surface area contributed by atoms with Crippen molar-refractivity contribution in [1.82, 2.24) is 0 Å². The third-order valence-electron chi connectivity index (χ3n) is 3.38. The van der Waals surface area contributed by atoms with Gasteiger partial charge in [-0.25, -0.2) is 4.79 Å². The van der Waals surface area contributed by atoms with Crippen LogP contribution in [0.4, 0.5) is 0 Å². The minimum absolute atomic E-state index is 0.368. The maximum absolute atomic E-state index is 10.8. The molecule has 0 spiro atoms. The first kappa shape index (κ1) is 16.1. The highest BCUT2D eigenvalue weighted by Crippen LogP contribution is 2.20. The van der Waals surface area contributed by atoms with Gasteiger partial charge in [-0.1, -0.05) is 44.7 Å². The van der Waals surface area contributed by atoms with E-state index in [1.54, 1.807) is 12.1 Å². The van der Waals surface area contributed by atoms with Gasteiger partial charge in [0.2, 0.25) is 0 Å². The predicted molar refractivity (Wildman–Crippen MR) is 83.2 cm³/mol. The van der Waals surface area contributed by atoms with Crippen LogP contribution in [0.2, 0.25) is 0 Å². The van der Waals surface area contributed by atoms with E-state index in [1.807, 2.05) is 23.9 Å². The van der Waals surface area contributed by atoms with E-state index in [9.17, 15) is 4.79 Å². The average molecular weight is 280 g/mol. The first-order valence-electron chi connectivity index (χ1n) is 7.02. The van der Waals surface area contributed by atoms with Crippen LogP contribution in [0.25, 0.3) is 0 Å². The highest BCUT2D eigenvalue weighted by molar-refractivity contribution is 7.99. The number of aromatic carboxylic acids is 1. The molecule has 1 rings (SSSR count). The van der Waals surface area contributed by atoms with Crippen molar-refractivity contribution in [2.24, 2.45) is 0 Å². The molecule has 0 fully saturated rings. The molecule has 0 bridgehead atoms. The van der Waals surface area contributed by atoms with Gasteiger partial charge in [-0.05, 0) is 36.8 Å². The third kappa shape index (κ3) is 6.15. The lowest BCUT2D eigenvalue weighted by atomic mass is 10.0. The van der Waals surface area contributed by atoms with Crippen molar-refractivity contribution in [2.75, 3.05) is 6.26 Å². The summed E-state index contributed by atoms with van der Waals surface area (Å²) < 4.78 is 0. The number of benzene rings is 1. The SMILES string of the molecule is CCCCCCC(Cc1ccc(C(=O)O)cc1)SC. The molecule has 2 nitrogen and oxygen atoms in total. The van der Waals surface area contributed by atoms with Crippen molar-refractivity contribution in [3.63, 3.8) is 0 Å². The molecule has 0 aliphatic carbocycles. The second kappa shape index (κ2) is 9.03. The first-order chi connectivity index (χ1) is 9.17. The molecule has 0 radical (unpaired) electrons. The molecule has 0 saturated heterocycles. The zero-order valence-electron chi connectivity index (χ0n) is 11.9. The molecule has 3 heteroatoms. The Hall–Kier alpha value is -0.960. The largest absolute Gasteiger partial charge is 0.478 e. The predicted octanol–water partition coefficient (Wildman–Crippen LogP) is 4.63. The lowest BCUT2D eigenvalue weighted by molar-refractivity contribution is 0.0697. The van der Waals surface area contributed by atoms with E-state index < -0.39 is 5.97 Å². The second-order valence-corrected chi connectivity index (χ2v) is 6.05. The molecule has 0 aliphatic heterocycles. The van der Waals surface area contributed by atoms with Crippen LogP contribution in [0.1, 0.15) is 54.9 Å². The summed E-state index contributed by atoms with van der Waals surface area (Å²) in [5.41, 5.74) is 1.60. The fourth-order valence-corrected chi connectivity index (χ4v) is 2.91. The summed E-state index contributed by atoms with van der Waals surface area (Å²) in [5, 5.41) is 9.51. The molecule has 1 aromatic rings. The number of carboxylic acid groups (broad SMARTS) is 1. The molecular weight excluding hydrogens is 256 g/mol. The molecule has 1 aromatic carbocycles. The zero-order valence-corrected chi connectivity index (χ0v) is 12.7. The Morgan fingerprint density at radius 2 is 1.89 bits per heavy atom. The summed E-state index contributed by atoms with van der Waals surface area (Å²) in [6.07, 6.45) is 9.68. The molecule has 0 aliphatic rings. The molecule has 19 heavy (non-hydrogen) atoms. The maximum Gasteiger partial charge on any atom is 0.335 e. The Kier molecular flexibility index (Phi) is 7.65. The third-order valence-corrected chi connectivity index (χ3v) is 4.45. The van der Waals surface area contributed by atoms with Crippen LogP contribution in [0.15, 0.2) is 24.3 Å². The van der Waals surface area contributed by atoms with Crippen LogP contribution < -0.4 is 0 Å². The number of hydrogen-bond donors (Lipinski definition) is 1. The molecule has 1 atom stereocenters. The molecule has 1 unspecified atom stereocenters. The molecule has 0 heterocycles. The van der Waals surface area contributed by atoms with Gasteiger partial charge < -0.3 is 5.11 Å². The fraction of sp³-hybridized carbons (Fsp3) is 0.562. The van der Waals surface area contributed by atoms with Crippen molar-refractivity contribution in [2.45, 2.75) is 50.7 Å². The fourth-order valence-electron chi connectivity index (χ4n) is 2.15. The van der Waals surface area contributed by atoms with Crippen LogP contribution in [0.5, 0.6) is 0 Å². The van der Waals surface area contributed by atoms with Gasteiger partial charge in [0.1, 0.15) is 0 Å². The van der Waals surface area contributed by atoms with Gasteiger partial charge in [0.15, 0.2) is 0 Å². The van der Waals surface area contributed by atoms with E-state index in [-0.39, 0.29) is 0 Å². The van der Waals surface area contributed by atoms with Crippen LogP contribution in [-0.2, 0) is 6.42 Å². The van der Waals surface area contributed by atoms with E-state index in [1.165, 1.54) is 37.7 Å². The van der Waals surface area contributed by atoms with Gasteiger partial charge in [-0.2, -0.15) is 11.8 Å². The van der Waals surface area contributed by atoms with E-state index >= 15 is 0 Å². The molecular formula is C16H24O2S. The van der Waals surface area contributed by atoms with Crippen LogP contribution >= 0.6 is 11.8 Å². The van der Waals surface area contributed by atoms with E-state index in [0.717, 1.165) is 6.42 Å². The summed E-state index contributed by atoms with van der Waals surface area (Å²) in [4.78, 5) is 10.8. The average Bonchev–Trinajstić information content (AvgIpc) is 2.42. The number of carboxylic acids is 1. The topological polar surface area (TPSA) is 37.3 Å². The monoisotopic (exact) mass is 280 g/mol. The van der Waals surface area contributed by atoms with Crippen LogP contribution in [0.3, 0.4) is 0 Å². The maximum atomic E-state index is 10.8. The van der Waals surface area contributed by atoms with Gasteiger partial charge in [-0.15, -0.1) is 0 Å². The summed E-state index contributed by atoms with van der Waals surface area (Å²) in [6, 6.07) is 7.29. The summed E-state index contributed by atoms with van der Waals surface area (Å²) >= 11 is 1.92. The highest BCUT2D eigenvalue weighted by atomic mass is 32.2. The Balaban J connectivity index is 2.44. The molecule has 0 saturated carbocycles. The number of unbranched alkanes of at least 4 members (excludes halogenated alkanes) is 3. The minimum atomic E-state index is -0.854. The number of carbonyl (C=O) groups is 1. The summed E-state index contributed by atoms with van der Waals surface area (Å²) in [7, 11) is 0. The quantitative estimate of drug-likeness (QED) is 0.670. The Labute approximate surface area is 120 Å². The Morgan fingerprint density at radius 1 is 1.21 bits per heavy atom. The Bertz CT molecular complexity index is 373. The number of rotatable bonds is 9. The number of hydrogen-bond acceptors (Lipinski definition) is 2. The lowest BCUT2D eigenvalue weighted by Gasteiger charge is -2.14. The van der Waals surface area contributed by atoms with Gasteiger partial charge in [0.05, 0.1) is 5.56 Å². The summed E-state index contributed by atoms with van der Waals surface area (Å²) in [6.45, 7) is 2.23. The van der Waals surface area contributed by atoms with E-state index in [2.05, 4.69) is 13.2 Å². The molecule has 0 amide bonds. The van der Waals surface area contributed by atoms with Crippen molar-refractivity contribution in [1.29, 1.82) is 0 Å². The smallest absolute Gasteiger partial charge is 0.335 e. The van der Waals surface area contributed by atoms with Crippen molar-refractivity contribution >= 4 is 17.7 Å². The minimum Gasteiger partial charge on any atom is -0.478 e. The van der Waals surface area contributed by atoms with Crippen molar-refractivity contribution in [3.05, 3.63) is 35.4 Å². The van der Waals surface area contributed by atoms with Crippen LogP contribution in [0, 0.1) is 0 Å². The van der Waals surface area contributed by atoms with E-state index in [0.29, 0.717) is 10.8 Å². The van der Waals surface area contributed by atoms with Gasteiger partial charge in [0, 0.05) is 5.25 Å². The molecule has 106 valence electrons. The highest BCUT2D eigenvalue weighted by Gasteiger charge is 2.09. The van der Waals surface area contributed by atoms with Crippen molar-refractivity contribution < 1.29 is 9.90 Å². The van der Waals surface area contributed by atoms with Gasteiger partial charge in [-0.3, -0.25) is 0 Å². The Morgan fingerprint density at radius 3 is 2.42 bits per heavy atom. The van der Waals surface area contributed by atoms with Crippen molar-refractivity contribution in [3.8, 4) is 0 Å². The normalized spacial score (nSPS) is 12.3. The molecule has 0 aromatic heterocycles. The van der Waals surface area contributed by atoms with Gasteiger partial charge in [0.25, 0.3) is 0 Å². The number of thioether (sulfide) groups is 1. The first-order valence-corrected chi connectivity index (χ1v) is 8.31. The van der Waals surface area contributed by atoms with Gasteiger partial charge >= 0.3 is 5.97 Å². The molecule has 1 N–H and O–H groups in total. The van der Waals surface area contributed by atoms with E-state index in [4.69, 9.17) is 5.11 Å². The summed E-state index contributed by atoms with van der Waals surface area (Å²) in [5.74, 6) is -0.854. The standard InChI is InChI=1S/C16H24O2S/c1-3-4-5-6-7-15(19-2)12-13-8-10-14(11-9-13)16(17)18/h8-11,15H,3-7,12H2,1-2H3,(H,17,18). The zero-order chi connectivity index (χ0) is 14.1. The lowest BCUT2D eigenvalue weighted by Crippen LogP contribution is -2.07.